The monoisotopic (exact) mass is 340 g/mol. The second kappa shape index (κ2) is 7.90. The van der Waals surface area contributed by atoms with Crippen molar-refractivity contribution in [2.45, 2.75) is 25.9 Å². The lowest BCUT2D eigenvalue weighted by molar-refractivity contribution is 0.0663. The van der Waals surface area contributed by atoms with Gasteiger partial charge in [-0.3, -0.25) is 9.59 Å². The molecule has 1 aliphatic rings. The Labute approximate surface area is 146 Å². The van der Waals surface area contributed by atoms with Gasteiger partial charge in [-0.05, 0) is 38.0 Å². The number of carbonyl (C=O) groups is 2. The summed E-state index contributed by atoms with van der Waals surface area (Å²) in [5, 5.41) is 2.76. The van der Waals surface area contributed by atoms with Gasteiger partial charge >= 0.3 is 0 Å². The normalized spacial score (nSPS) is 16.4. The molecule has 1 aromatic heterocycles. The van der Waals surface area contributed by atoms with Crippen molar-refractivity contribution in [2.24, 2.45) is 0 Å². The number of hydrogen-bond acceptors (Lipinski definition) is 5. The number of ether oxygens (including phenoxy) is 2. The number of Topliss-reactive ketones (excluding diaryl/α,β-unsaturated/α-hetero) is 1. The molecule has 0 radical (unpaired) electrons. The average molecular weight is 340 g/mol. The van der Waals surface area contributed by atoms with Crippen LogP contribution in [0.4, 0.5) is 5.69 Å². The Morgan fingerprint density at radius 3 is 2.84 bits per heavy atom. The van der Waals surface area contributed by atoms with Crippen molar-refractivity contribution in [3.8, 4) is 5.88 Å². The van der Waals surface area contributed by atoms with Gasteiger partial charge < -0.3 is 14.8 Å². The highest BCUT2D eigenvalue weighted by molar-refractivity contribution is 6.05. The number of pyridine rings is 1. The number of nitrogens with zero attached hydrogens (tertiary/aromatic N) is 1. The number of aromatic nitrogens is 1. The van der Waals surface area contributed by atoms with Gasteiger partial charge in [0.1, 0.15) is 6.61 Å². The smallest absolute Gasteiger partial charge is 0.257 e. The summed E-state index contributed by atoms with van der Waals surface area (Å²) < 4.78 is 11.1. The number of carbonyl (C=O) groups excluding carboxylic acids is 2. The van der Waals surface area contributed by atoms with Crippen LogP contribution in [0, 0.1) is 0 Å². The van der Waals surface area contributed by atoms with Gasteiger partial charge in [-0.15, -0.1) is 0 Å². The van der Waals surface area contributed by atoms with Crippen LogP contribution in [0.3, 0.4) is 0 Å². The zero-order chi connectivity index (χ0) is 17.6. The van der Waals surface area contributed by atoms with Crippen LogP contribution >= 0.6 is 0 Å². The van der Waals surface area contributed by atoms with Gasteiger partial charge in [-0.1, -0.05) is 12.1 Å². The van der Waals surface area contributed by atoms with Crippen LogP contribution in [0.2, 0.25) is 0 Å². The van der Waals surface area contributed by atoms with E-state index in [4.69, 9.17) is 9.47 Å². The topological polar surface area (TPSA) is 77.5 Å². The highest BCUT2D eigenvalue weighted by atomic mass is 16.5. The van der Waals surface area contributed by atoms with Crippen LogP contribution in [0.25, 0.3) is 0 Å². The van der Waals surface area contributed by atoms with Gasteiger partial charge in [0.25, 0.3) is 5.91 Å². The molecule has 1 aromatic carbocycles. The fourth-order valence-electron chi connectivity index (χ4n) is 2.57. The van der Waals surface area contributed by atoms with Crippen LogP contribution in [-0.4, -0.2) is 36.0 Å². The molecule has 1 aliphatic heterocycles. The van der Waals surface area contributed by atoms with Gasteiger partial charge in [0.05, 0.1) is 11.7 Å². The lowest BCUT2D eigenvalue weighted by Crippen LogP contribution is -2.17. The van der Waals surface area contributed by atoms with E-state index in [1.165, 1.54) is 13.1 Å². The predicted octanol–water partition coefficient (Wildman–Crippen LogP) is 3.09. The number of benzene rings is 1. The largest absolute Gasteiger partial charge is 0.475 e. The Kier molecular flexibility index (Phi) is 5.40. The molecule has 0 bridgehead atoms. The summed E-state index contributed by atoms with van der Waals surface area (Å²) in [6.45, 7) is 2.74. The summed E-state index contributed by atoms with van der Waals surface area (Å²) in [7, 11) is 0. The Balaban J connectivity index is 1.58. The first-order valence-electron chi connectivity index (χ1n) is 8.24. The number of rotatable bonds is 6. The zero-order valence-corrected chi connectivity index (χ0v) is 14.0. The molecule has 3 rings (SSSR count). The second-order valence-corrected chi connectivity index (χ2v) is 5.92. The van der Waals surface area contributed by atoms with E-state index in [0.717, 1.165) is 19.4 Å². The third-order valence-corrected chi connectivity index (χ3v) is 3.97. The van der Waals surface area contributed by atoms with E-state index in [2.05, 4.69) is 10.3 Å². The predicted molar refractivity (Wildman–Crippen MR) is 93.1 cm³/mol. The van der Waals surface area contributed by atoms with Gasteiger partial charge in [0.2, 0.25) is 5.88 Å². The number of hydrogen-bond donors (Lipinski definition) is 1. The molecular weight excluding hydrogens is 320 g/mol. The lowest BCUT2D eigenvalue weighted by Gasteiger charge is -2.11. The molecule has 0 saturated carbocycles. The summed E-state index contributed by atoms with van der Waals surface area (Å²) in [6, 6.07) is 10.1. The molecule has 6 nitrogen and oxygen atoms in total. The summed E-state index contributed by atoms with van der Waals surface area (Å²) in [5.74, 6) is 0.120. The third kappa shape index (κ3) is 4.64. The Bertz CT molecular complexity index is 752. The minimum atomic E-state index is -0.293. The quantitative estimate of drug-likeness (QED) is 0.818. The van der Waals surface area contributed by atoms with Crippen LogP contribution in [0.5, 0.6) is 5.88 Å². The van der Waals surface area contributed by atoms with E-state index in [-0.39, 0.29) is 17.8 Å². The van der Waals surface area contributed by atoms with Gasteiger partial charge in [0, 0.05) is 30.1 Å². The first-order valence-corrected chi connectivity index (χ1v) is 8.24. The zero-order valence-electron chi connectivity index (χ0n) is 14.0. The molecule has 0 aliphatic carbocycles. The Morgan fingerprint density at radius 2 is 2.16 bits per heavy atom. The Morgan fingerprint density at radius 1 is 1.28 bits per heavy atom. The van der Waals surface area contributed by atoms with E-state index in [1.807, 2.05) is 0 Å². The maximum absolute atomic E-state index is 12.3. The second-order valence-electron chi connectivity index (χ2n) is 5.92. The van der Waals surface area contributed by atoms with Crippen molar-refractivity contribution in [3.63, 3.8) is 0 Å². The van der Waals surface area contributed by atoms with E-state index >= 15 is 0 Å². The van der Waals surface area contributed by atoms with Crippen molar-refractivity contribution < 1.29 is 19.1 Å². The van der Waals surface area contributed by atoms with E-state index < -0.39 is 0 Å². The first-order chi connectivity index (χ1) is 12.1. The van der Waals surface area contributed by atoms with Gasteiger partial charge in [-0.2, -0.15) is 0 Å². The summed E-state index contributed by atoms with van der Waals surface area (Å²) in [5.41, 5.74) is 1.53. The molecule has 1 saturated heterocycles. The Hall–Kier alpha value is -2.73. The minimum absolute atomic E-state index is 0.0505. The first kappa shape index (κ1) is 17.1. The molecular formula is C19H20N2O4. The maximum Gasteiger partial charge on any atom is 0.257 e. The van der Waals surface area contributed by atoms with E-state index in [1.54, 1.807) is 36.4 Å². The van der Waals surface area contributed by atoms with E-state index in [0.29, 0.717) is 29.3 Å². The standard InChI is InChI=1S/C19H20N2O4/c1-13(22)14-4-2-5-16(10-14)21-19(23)15-7-8-18(20-11-15)25-12-17-6-3-9-24-17/h2,4-5,7-8,10-11,17H,3,6,9,12H2,1H3,(H,21,23). The lowest BCUT2D eigenvalue weighted by atomic mass is 10.1. The number of anilines is 1. The van der Waals surface area contributed by atoms with Crippen molar-refractivity contribution in [2.75, 3.05) is 18.5 Å². The summed E-state index contributed by atoms with van der Waals surface area (Å²) in [6.07, 6.45) is 3.65. The van der Waals surface area contributed by atoms with Gasteiger partial charge in [0.15, 0.2) is 5.78 Å². The molecule has 1 fully saturated rings. The molecule has 1 amide bonds. The maximum atomic E-state index is 12.3. The molecule has 0 spiro atoms. The minimum Gasteiger partial charge on any atom is -0.475 e. The molecule has 2 aromatic rings. The molecule has 1 unspecified atom stereocenters. The van der Waals surface area contributed by atoms with Crippen LogP contribution in [0.1, 0.15) is 40.5 Å². The molecule has 1 N–H and O–H groups in total. The fraction of sp³-hybridized carbons (Fsp3) is 0.316. The van der Waals surface area contributed by atoms with E-state index in [9.17, 15) is 9.59 Å². The molecule has 130 valence electrons. The van der Waals surface area contributed by atoms with Crippen molar-refractivity contribution >= 4 is 17.4 Å². The van der Waals surface area contributed by atoms with Crippen LogP contribution < -0.4 is 10.1 Å². The molecule has 2 heterocycles. The van der Waals surface area contributed by atoms with Crippen molar-refractivity contribution in [3.05, 3.63) is 53.7 Å². The molecule has 25 heavy (non-hydrogen) atoms. The molecule has 6 heteroatoms. The number of ketones is 1. The highest BCUT2D eigenvalue weighted by Crippen LogP contribution is 2.16. The highest BCUT2D eigenvalue weighted by Gasteiger charge is 2.16. The fourth-order valence-corrected chi connectivity index (χ4v) is 2.57. The summed E-state index contributed by atoms with van der Waals surface area (Å²) >= 11 is 0. The third-order valence-electron chi connectivity index (χ3n) is 3.97. The summed E-state index contributed by atoms with van der Waals surface area (Å²) in [4.78, 5) is 27.8. The van der Waals surface area contributed by atoms with Crippen LogP contribution in [-0.2, 0) is 4.74 Å². The number of nitrogens with one attached hydrogen (secondary N) is 1. The SMILES string of the molecule is CC(=O)c1cccc(NC(=O)c2ccc(OCC3CCCO3)nc2)c1. The molecule has 1 atom stereocenters. The van der Waals surface area contributed by atoms with Crippen LogP contribution in [0.15, 0.2) is 42.6 Å². The van der Waals surface area contributed by atoms with Crippen molar-refractivity contribution in [1.29, 1.82) is 0 Å². The van der Waals surface area contributed by atoms with Crippen molar-refractivity contribution in [1.82, 2.24) is 4.98 Å². The average Bonchev–Trinajstić information content (AvgIpc) is 3.14. The van der Waals surface area contributed by atoms with Gasteiger partial charge in [-0.25, -0.2) is 4.98 Å². The number of amides is 1.